The van der Waals surface area contributed by atoms with E-state index >= 15 is 0 Å². The molecule has 1 aromatic carbocycles. The van der Waals surface area contributed by atoms with Crippen molar-refractivity contribution in [2.24, 2.45) is 11.8 Å². The van der Waals surface area contributed by atoms with E-state index in [9.17, 15) is 26.7 Å². The van der Waals surface area contributed by atoms with Crippen LogP contribution in [-0.2, 0) is 20.9 Å². The van der Waals surface area contributed by atoms with Crippen LogP contribution in [0.5, 0.6) is 0 Å². The second-order valence-electron chi connectivity index (χ2n) is 9.99. The van der Waals surface area contributed by atoms with Gasteiger partial charge in [0.1, 0.15) is 0 Å². The van der Waals surface area contributed by atoms with E-state index in [-0.39, 0.29) is 17.4 Å². The minimum atomic E-state index is -4.49. The highest BCUT2D eigenvalue weighted by Gasteiger charge is 2.32. The Morgan fingerprint density at radius 3 is 2.34 bits per heavy atom. The van der Waals surface area contributed by atoms with Crippen LogP contribution < -0.4 is 0 Å². The third-order valence-electron chi connectivity index (χ3n) is 7.42. The molecule has 3 rings (SSSR count). The summed E-state index contributed by atoms with van der Waals surface area (Å²) in [5, 5.41) is 9.38. The molecule has 1 atom stereocenters. The number of unbranched alkanes of at least 4 members (excludes halogenated alkanes) is 1. The standard InChI is InChI=1S/C25H39F3N2O4S/c1-29(35(32,33)24-12-10-22(11-13-24)25(26,27)28)17-20-6-8-21(9-7-20)19-34-16-3-2-14-30-15-4-5-23(30)18-31/h10-13,20-21,23,31H,2-9,14-19H2,1H3/t20-,21-,23-/m0/s1. The molecule has 1 aliphatic carbocycles. The van der Waals surface area contributed by atoms with Gasteiger partial charge in [-0.1, -0.05) is 0 Å². The van der Waals surface area contributed by atoms with Crippen molar-refractivity contribution < 1.29 is 31.4 Å². The highest BCUT2D eigenvalue weighted by Crippen LogP contribution is 2.32. The second-order valence-corrected chi connectivity index (χ2v) is 12.0. The molecule has 1 saturated heterocycles. The van der Waals surface area contributed by atoms with Gasteiger partial charge in [-0.05, 0) is 101 Å². The Hall–Kier alpha value is -1.20. The zero-order valence-electron chi connectivity index (χ0n) is 20.5. The molecule has 200 valence electrons. The Morgan fingerprint density at radius 2 is 1.71 bits per heavy atom. The van der Waals surface area contributed by atoms with Crippen molar-refractivity contribution in [3.63, 3.8) is 0 Å². The molecule has 0 radical (unpaired) electrons. The van der Waals surface area contributed by atoms with Gasteiger partial charge in [0.2, 0.25) is 10.0 Å². The molecule has 1 saturated carbocycles. The molecule has 2 fully saturated rings. The van der Waals surface area contributed by atoms with Crippen LogP contribution in [0.3, 0.4) is 0 Å². The predicted molar refractivity (Wildman–Crippen MR) is 128 cm³/mol. The lowest BCUT2D eigenvalue weighted by Gasteiger charge is -2.31. The summed E-state index contributed by atoms with van der Waals surface area (Å²) in [6.45, 7) is 4.18. The van der Waals surface area contributed by atoms with Gasteiger partial charge in [0.25, 0.3) is 0 Å². The normalized spacial score (nSPS) is 24.3. The summed E-state index contributed by atoms with van der Waals surface area (Å²) in [4.78, 5) is 2.25. The van der Waals surface area contributed by atoms with Gasteiger partial charge in [0.05, 0.1) is 17.1 Å². The molecule has 0 aromatic heterocycles. The maximum atomic E-state index is 12.8. The van der Waals surface area contributed by atoms with Gasteiger partial charge in [-0.3, -0.25) is 4.90 Å². The number of halogens is 3. The molecule has 0 unspecified atom stereocenters. The van der Waals surface area contributed by atoms with Crippen LogP contribution in [0.1, 0.15) is 56.9 Å². The first-order valence-corrected chi connectivity index (χ1v) is 14.1. The molecule has 1 N–H and O–H groups in total. The van der Waals surface area contributed by atoms with E-state index in [0.29, 0.717) is 18.5 Å². The average Bonchev–Trinajstić information content (AvgIpc) is 3.29. The van der Waals surface area contributed by atoms with Crippen molar-refractivity contribution in [3.8, 4) is 0 Å². The fraction of sp³-hybridized carbons (Fsp3) is 0.760. The molecule has 0 spiro atoms. The van der Waals surface area contributed by atoms with Crippen molar-refractivity contribution in [3.05, 3.63) is 29.8 Å². The number of hydrogen-bond acceptors (Lipinski definition) is 5. The third-order valence-corrected chi connectivity index (χ3v) is 9.26. The van der Waals surface area contributed by atoms with Crippen molar-refractivity contribution in [1.82, 2.24) is 9.21 Å². The number of likely N-dealkylation sites (tertiary alicyclic amines) is 1. The summed E-state index contributed by atoms with van der Waals surface area (Å²) in [6.07, 6.45) is 3.66. The molecule has 2 aliphatic rings. The minimum absolute atomic E-state index is 0.119. The molecule has 10 heteroatoms. The Bertz CT molecular complexity index is 872. The monoisotopic (exact) mass is 520 g/mol. The summed E-state index contributed by atoms with van der Waals surface area (Å²) < 4.78 is 71.0. The number of benzene rings is 1. The van der Waals surface area contributed by atoms with Crippen LogP contribution in [-0.4, -0.2) is 75.3 Å². The van der Waals surface area contributed by atoms with Gasteiger partial charge < -0.3 is 9.84 Å². The molecule has 0 amide bonds. The highest BCUT2D eigenvalue weighted by molar-refractivity contribution is 7.89. The lowest BCUT2D eigenvalue weighted by molar-refractivity contribution is -0.137. The average molecular weight is 521 g/mol. The number of nitrogens with zero attached hydrogens (tertiary/aromatic N) is 2. The van der Waals surface area contributed by atoms with E-state index in [1.165, 1.54) is 17.8 Å². The van der Waals surface area contributed by atoms with Gasteiger partial charge in [-0.15, -0.1) is 0 Å². The zero-order valence-corrected chi connectivity index (χ0v) is 21.4. The van der Waals surface area contributed by atoms with Crippen molar-refractivity contribution in [2.75, 3.05) is 46.5 Å². The summed E-state index contributed by atoms with van der Waals surface area (Å²) >= 11 is 0. The summed E-state index contributed by atoms with van der Waals surface area (Å²) in [6, 6.07) is 4.00. The quantitative estimate of drug-likeness (QED) is 0.414. The van der Waals surface area contributed by atoms with Crippen LogP contribution in [0.25, 0.3) is 0 Å². The first-order valence-electron chi connectivity index (χ1n) is 12.7. The number of aliphatic hydroxyl groups excluding tert-OH is 1. The highest BCUT2D eigenvalue weighted by atomic mass is 32.2. The van der Waals surface area contributed by atoms with Crippen LogP contribution in [0, 0.1) is 11.8 Å². The van der Waals surface area contributed by atoms with Crippen LogP contribution in [0.15, 0.2) is 29.2 Å². The van der Waals surface area contributed by atoms with Crippen LogP contribution in [0.2, 0.25) is 0 Å². The van der Waals surface area contributed by atoms with E-state index in [1.54, 1.807) is 0 Å². The van der Waals surface area contributed by atoms with E-state index in [0.717, 1.165) is 95.5 Å². The number of ether oxygens (including phenoxy) is 1. The molecule has 35 heavy (non-hydrogen) atoms. The number of rotatable bonds is 12. The van der Waals surface area contributed by atoms with Gasteiger partial charge >= 0.3 is 6.18 Å². The summed E-state index contributed by atoms with van der Waals surface area (Å²) in [5.74, 6) is 0.723. The molecule has 0 bridgehead atoms. The lowest BCUT2D eigenvalue weighted by atomic mass is 9.82. The van der Waals surface area contributed by atoms with E-state index in [4.69, 9.17) is 4.74 Å². The predicted octanol–water partition coefficient (Wildman–Crippen LogP) is 4.39. The van der Waals surface area contributed by atoms with Gasteiger partial charge in [0, 0.05) is 32.8 Å². The van der Waals surface area contributed by atoms with Gasteiger partial charge in [0.15, 0.2) is 0 Å². The molecular weight excluding hydrogens is 481 g/mol. The third kappa shape index (κ3) is 8.15. The lowest BCUT2D eigenvalue weighted by Crippen LogP contribution is -2.34. The largest absolute Gasteiger partial charge is 0.416 e. The van der Waals surface area contributed by atoms with Crippen molar-refractivity contribution in [2.45, 2.75) is 68.5 Å². The first-order chi connectivity index (χ1) is 16.6. The van der Waals surface area contributed by atoms with Crippen LogP contribution >= 0.6 is 0 Å². The Morgan fingerprint density at radius 1 is 1.06 bits per heavy atom. The van der Waals surface area contributed by atoms with E-state index in [1.807, 2.05) is 0 Å². The zero-order chi connectivity index (χ0) is 25.5. The van der Waals surface area contributed by atoms with Gasteiger partial charge in [-0.25, -0.2) is 12.7 Å². The Labute approximate surface area is 207 Å². The Balaban J connectivity index is 1.32. The molecule has 1 aromatic rings. The van der Waals surface area contributed by atoms with Crippen molar-refractivity contribution in [1.29, 1.82) is 0 Å². The molecular formula is C25H39F3N2O4S. The first kappa shape index (κ1) is 28.4. The van der Waals surface area contributed by atoms with Crippen molar-refractivity contribution >= 4 is 10.0 Å². The Kier molecular flexibility index (Phi) is 10.4. The maximum Gasteiger partial charge on any atom is 0.416 e. The second kappa shape index (κ2) is 12.9. The smallest absolute Gasteiger partial charge is 0.395 e. The molecule has 1 aliphatic heterocycles. The number of alkyl halides is 3. The summed E-state index contributed by atoms with van der Waals surface area (Å²) in [7, 11) is -2.33. The number of sulfonamides is 1. The topological polar surface area (TPSA) is 70.1 Å². The van der Waals surface area contributed by atoms with E-state index < -0.39 is 21.8 Å². The van der Waals surface area contributed by atoms with E-state index in [2.05, 4.69) is 4.90 Å². The number of hydrogen-bond donors (Lipinski definition) is 1. The summed E-state index contributed by atoms with van der Waals surface area (Å²) in [5.41, 5.74) is -0.860. The van der Waals surface area contributed by atoms with Crippen LogP contribution in [0.4, 0.5) is 13.2 Å². The van der Waals surface area contributed by atoms with Gasteiger partial charge in [-0.2, -0.15) is 13.2 Å². The molecule has 1 heterocycles. The SMILES string of the molecule is CN(C[C@H]1CC[C@H](COCCCCN2CCC[C@H]2CO)CC1)S(=O)(=O)c1ccc(C(F)(F)F)cc1. The minimum Gasteiger partial charge on any atom is -0.395 e. The molecule has 6 nitrogen and oxygen atoms in total. The maximum absolute atomic E-state index is 12.8. The fourth-order valence-corrected chi connectivity index (χ4v) is 6.45. The fourth-order valence-electron chi connectivity index (χ4n) is 5.20. The number of aliphatic hydroxyl groups is 1.